The van der Waals surface area contributed by atoms with Gasteiger partial charge in [-0.2, -0.15) is 0 Å². The van der Waals surface area contributed by atoms with Crippen LogP contribution in [0, 0.1) is 12.7 Å². The van der Waals surface area contributed by atoms with Gasteiger partial charge in [0, 0.05) is 0 Å². The van der Waals surface area contributed by atoms with E-state index in [2.05, 4.69) is 0 Å². The van der Waals surface area contributed by atoms with Gasteiger partial charge >= 0.3 is 5.97 Å². The highest BCUT2D eigenvalue weighted by Crippen LogP contribution is 2.08. The molecule has 1 aromatic carbocycles. The Morgan fingerprint density at radius 1 is 1.38 bits per heavy atom. The Balaban J connectivity index is 0.000000671. The standard InChI is InChI=1S/C8H7FO2.C2H6/c1-5-2-3-6(8(10)11)4-7(5)9;1-2/h2-4H,1H3,(H,10,11);1-2H3. The minimum atomic E-state index is -1.11. The van der Waals surface area contributed by atoms with Crippen LogP contribution in [0.4, 0.5) is 4.39 Å². The van der Waals surface area contributed by atoms with E-state index in [0.717, 1.165) is 6.07 Å². The highest BCUT2D eigenvalue weighted by atomic mass is 19.1. The molecule has 0 aromatic heterocycles. The molecule has 0 radical (unpaired) electrons. The summed E-state index contributed by atoms with van der Waals surface area (Å²) in [4.78, 5) is 10.3. The first-order chi connectivity index (χ1) is 6.11. The molecule has 0 fully saturated rings. The van der Waals surface area contributed by atoms with Crippen LogP contribution in [0.25, 0.3) is 0 Å². The van der Waals surface area contributed by atoms with Crippen LogP contribution in [0.1, 0.15) is 29.8 Å². The second-order valence-corrected chi connectivity index (χ2v) is 2.27. The number of hydrogen-bond donors (Lipinski definition) is 1. The molecule has 1 aromatic rings. The molecular weight excluding hydrogens is 171 g/mol. The Kier molecular flexibility index (Phi) is 4.74. The van der Waals surface area contributed by atoms with Gasteiger partial charge in [0.05, 0.1) is 5.56 Å². The topological polar surface area (TPSA) is 37.3 Å². The Bertz CT molecular complexity index is 295. The molecule has 0 saturated carbocycles. The zero-order valence-corrected chi connectivity index (χ0v) is 7.97. The van der Waals surface area contributed by atoms with E-state index in [0.29, 0.717) is 5.56 Å². The average Bonchev–Trinajstić information content (AvgIpc) is 2.13. The van der Waals surface area contributed by atoms with E-state index in [1.807, 2.05) is 13.8 Å². The monoisotopic (exact) mass is 184 g/mol. The van der Waals surface area contributed by atoms with Crippen molar-refractivity contribution < 1.29 is 14.3 Å². The number of aromatic carboxylic acids is 1. The lowest BCUT2D eigenvalue weighted by atomic mass is 10.1. The molecule has 13 heavy (non-hydrogen) atoms. The summed E-state index contributed by atoms with van der Waals surface area (Å²) in [6.45, 7) is 5.58. The first kappa shape index (κ1) is 11.6. The maximum absolute atomic E-state index is 12.7. The predicted octanol–water partition coefficient (Wildman–Crippen LogP) is 2.86. The summed E-state index contributed by atoms with van der Waals surface area (Å²) in [5, 5.41) is 8.43. The van der Waals surface area contributed by atoms with Crippen molar-refractivity contribution in [2.45, 2.75) is 20.8 Å². The lowest BCUT2D eigenvalue weighted by Gasteiger charge is -1.96. The number of aryl methyl sites for hydroxylation is 1. The Morgan fingerprint density at radius 3 is 2.31 bits per heavy atom. The van der Waals surface area contributed by atoms with Crippen molar-refractivity contribution >= 4 is 5.97 Å². The van der Waals surface area contributed by atoms with E-state index in [1.54, 1.807) is 6.92 Å². The molecule has 72 valence electrons. The predicted molar refractivity (Wildman–Crippen MR) is 49.4 cm³/mol. The van der Waals surface area contributed by atoms with Crippen molar-refractivity contribution in [1.82, 2.24) is 0 Å². The molecule has 0 aliphatic rings. The minimum Gasteiger partial charge on any atom is -0.478 e. The van der Waals surface area contributed by atoms with Crippen molar-refractivity contribution in [3.8, 4) is 0 Å². The van der Waals surface area contributed by atoms with Crippen LogP contribution in [0.15, 0.2) is 18.2 Å². The summed E-state index contributed by atoms with van der Waals surface area (Å²) in [7, 11) is 0. The van der Waals surface area contributed by atoms with Crippen LogP contribution >= 0.6 is 0 Å². The first-order valence-electron chi connectivity index (χ1n) is 4.10. The number of benzene rings is 1. The van der Waals surface area contributed by atoms with Gasteiger partial charge in [-0.1, -0.05) is 19.9 Å². The molecule has 0 spiro atoms. The minimum absolute atomic E-state index is 0.0203. The van der Waals surface area contributed by atoms with Gasteiger partial charge in [-0.15, -0.1) is 0 Å². The second-order valence-electron chi connectivity index (χ2n) is 2.27. The molecule has 0 unspecified atom stereocenters. The third-order valence-electron chi connectivity index (χ3n) is 1.42. The van der Waals surface area contributed by atoms with Crippen molar-refractivity contribution in [3.05, 3.63) is 35.1 Å². The molecule has 3 heteroatoms. The van der Waals surface area contributed by atoms with Crippen LogP contribution in [-0.4, -0.2) is 11.1 Å². The summed E-state index contributed by atoms with van der Waals surface area (Å²) >= 11 is 0. The largest absolute Gasteiger partial charge is 0.478 e. The van der Waals surface area contributed by atoms with Crippen molar-refractivity contribution in [3.63, 3.8) is 0 Å². The number of carboxylic acids is 1. The SMILES string of the molecule is CC.Cc1ccc(C(=O)O)cc1F. The van der Waals surface area contributed by atoms with E-state index < -0.39 is 11.8 Å². The molecular formula is C10H13FO2. The summed E-state index contributed by atoms with van der Waals surface area (Å²) in [6.07, 6.45) is 0. The molecule has 0 atom stereocenters. The Morgan fingerprint density at radius 2 is 1.92 bits per heavy atom. The van der Waals surface area contributed by atoms with E-state index >= 15 is 0 Å². The number of hydrogen-bond acceptors (Lipinski definition) is 1. The number of carboxylic acid groups (broad SMARTS) is 1. The molecule has 0 aliphatic heterocycles. The van der Waals surface area contributed by atoms with Crippen molar-refractivity contribution in [1.29, 1.82) is 0 Å². The molecule has 1 rings (SSSR count). The highest BCUT2D eigenvalue weighted by Gasteiger charge is 2.04. The van der Waals surface area contributed by atoms with E-state index in [1.165, 1.54) is 12.1 Å². The van der Waals surface area contributed by atoms with Crippen LogP contribution in [0.3, 0.4) is 0 Å². The second kappa shape index (κ2) is 5.30. The smallest absolute Gasteiger partial charge is 0.335 e. The fraction of sp³-hybridized carbons (Fsp3) is 0.300. The Hall–Kier alpha value is -1.38. The van der Waals surface area contributed by atoms with E-state index in [9.17, 15) is 9.18 Å². The summed E-state index contributed by atoms with van der Waals surface area (Å²) in [6, 6.07) is 3.83. The van der Waals surface area contributed by atoms with Gasteiger partial charge in [0.25, 0.3) is 0 Å². The van der Waals surface area contributed by atoms with Gasteiger partial charge < -0.3 is 5.11 Å². The maximum atomic E-state index is 12.7. The lowest BCUT2D eigenvalue weighted by molar-refractivity contribution is 0.0696. The molecule has 2 nitrogen and oxygen atoms in total. The van der Waals surface area contributed by atoms with Crippen LogP contribution < -0.4 is 0 Å². The third-order valence-corrected chi connectivity index (χ3v) is 1.42. The van der Waals surface area contributed by atoms with Gasteiger partial charge in [-0.25, -0.2) is 9.18 Å². The van der Waals surface area contributed by atoms with Crippen LogP contribution in [-0.2, 0) is 0 Å². The molecule has 0 aliphatic carbocycles. The molecule has 0 saturated heterocycles. The van der Waals surface area contributed by atoms with Gasteiger partial charge in [-0.05, 0) is 24.6 Å². The highest BCUT2D eigenvalue weighted by molar-refractivity contribution is 5.87. The van der Waals surface area contributed by atoms with Crippen molar-refractivity contribution in [2.75, 3.05) is 0 Å². The Labute approximate surface area is 77.0 Å². The number of rotatable bonds is 1. The number of carbonyl (C=O) groups is 1. The van der Waals surface area contributed by atoms with Gasteiger partial charge in [-0.3, -0.25) is 0 Å². The van der Waals surface area contributed by atoms with E-state index in [-0.39, 0.29) is 5.56 Å². The fourth-order valence-electron chi connectivity index (χ4n) is 0.726. The van der Waals surface area contributed by atoms with E-state index in [4.69, 9.17) is 5.11 Å². The normalized spacial score (nSPS) is 8.62. The van der Waals surface area contributed by atoms with Gasteiger partial charge in [0.1, 0.15) is 5.82 Å². The zero-order chi connectivity index (χ0) is 10.4. The fourth-order valence-corrected chi connectivity index (χ4v) is 0.726. The molecule has 0 bridgehead atoms. The quantitative estimate of drug-likeness (QED) is 0.728. The maximum Gasteiger partial charge on any atom is 0.335 e. The summed E-state index contributed by atoms with van der Waals surface area (Å²) in [5.41, 5.74) is 0.433. The molecule has 1 N–H and O–H groups in total. The third kappa shape index (κ3) is 3.23. The lowest BCUT2D eigenvalue weighted by Crippen LogP contribution is -1.97. The average molecular weight is 184 g/mol. The molecule has 0 heterocycles. The number of halogens is 1. The first-order valence-corrected chi connectivity index (χ1v) is 4.10. The van der Waals surface area contributed by atoms with Crippen molar-refractivity contribution in [2.24, 2.45) is 0 Å². The summed E-state index contributed by atoms with van der Waals surface area (Å²) in [5.74, 6) is -1.59. The zero-order valence-electron chi connectivity index (χ0n) is 7.97. The summed E-state index contributed by atoms with van der Waals surface area (Å²) < 4.78 is 12.7. The van der Waals surface area contributed by atoms with Crippen LogP contribution in [0.5, 0.6) is 0 Å². The van der Waals surface area contributed by atoms with Gasteiger partial charge in [0.15, 0.2) is 0 Å². The van der Waals surface area contributed by atoms with Gasteiger partial charge in [0.2, 0.25) is 0 Å². The molecule has 0 amide bonds. The van der Waals surface area contributed by atoms with Crippen LogP contribution in [0.2, 0.25) is 0 Å².